The van der Waals surface area contributed by atoms with Crippen molar-refractivity contribution in [1.82, 2.24) is 9.78 Å². The van der Waals surface area contributed by atoms with Gasteiger partial charge in [-0.05, 0) is 44.5 Å². The maximum atomic E-state index is 10.5. The molecule has 3 heteroatoms. The molecule has 0 fully saturated rings. The van der Waals surface area contributed by atoms with Crippen molar-refractivity contribution in [2.24, 2.45) is 0 Å². The highest BCUT2D eigenvalue weighted by Gasteiger charge is 2.22. The molecule has 112 valence electrons. The third kappa shape index (κ3) is 2.68. The number of aryl methyl sites for hydroxylation is 1. The van der Waals surface area contributed by atoms with Gasteiger partial charge in [-0.1, -0.05) is 42.5 Å². The van der Waals surface area contributed by atoms with E-state index in [9.17, 15) is 5.11 Å². The Morgan fingerprint density at radius 2 is 1.59 bits per heavy atom. The van der Waals surface area contributed by atoms with Crippen LogP contribution in [0.25, 0.3) is 16.9 Å². The van der Waals surface area contributed by atoms with Gasteiger partial charge in [0, 0.05) is 5.56 Å². The van der Waals surface area contributed by atoms with E-state index in [1.165, 1.54) is 0 Å². The van der Waals surface area contributed by atoms with E-state index in [-0.39, 0.29) is 0 Å². The molecule has 0 unspecified atom stereocenters. The predicted molar refractivity (Wildman–Crippen MR) is 89.0 cm³/mol. The lowest BCUT2D eigenvalue weighted by atomic mass is 9.91. The monoisotopic (exact) mass is 292 g/mol. The molecule has 0 aliphatic carbocycles. The molecule has 0 amide bonds. The third-order valence-corrected chi connectivity index (χ3v) is 3.69. The Morgan fingerprint density at radius 3 is 2.27 bits per heavy atom. The molecule has 1 aromatic heterocycles. The van der Waals surface area contributed by atoms with Gasteiger partial charge >= 0.3 is 0 Å². The maximum Gasteiger partial charge on any atom is 0.0847 e. The van der Waals surface area contributed by atoms with Crippen LogP contribution >= 0.6 is 0 Å². The molecule has 0 aliphatic heterocycles. The first kappa shape index (κ1) is 14.5. The zero-order valence-corrected chi connectivity index (χ0v) is 13.1. The Hall–Kier alpha value is -2.39. The SMILES string of the molecule is Cc1cc(-c2ccccc2C(C)(C)O)n(-c2ccccc2)n1. The van der Waals surface area contributed by atoms with Crippen LogP contribution in [0.4, 0.5) is 0 Å². The number of para-hydroxylation sites is 1. The van der Waals surface area contributed by atoms with Gasteiger partial charge in [0.2, 0.25) is 0 Å². The summed E-state index contributed by atoms with van der Waals surface area (Å²) >= 11 is 0. The molecule has 3 aromatic rings. The minimum atomic E-state index is -0.906. The molecule has 3 nitrogen and oxygen atoms in total. The first-order valence-electron chi connectivity index (χ1n) is 7.41. The Bertz CT molecular complexity index is 783. The van der Waals surface area contributed by atoms with Crippen LogP contribution < -0.4 is 0 Å². The van der Waals surface area contributed by atoms with Gasteiger partial charge < -0.3 is 5.11 Å². The lowest BCUT2D eigenvalue weighted by molar-refractivity contribution is 0.0791. The summed E-state index contributed by atoms with van der Waals surface area (Å²) in [4.78, 5) is 0. The van der Waals surface area contributed by atoms with Crippen LogP contribution in [0, 0.1) is 6.92 Å². The summed E-state index contributed by atoms with van der Waals surface area (Å²) in [5.74, 6) is 0. The maximum absolute atomic E-state index is 10.5. The van der Waals surface area contributed by atoms with Gasteiger partial charge in [0.15, 0.2) is 0 Å². The summed E-state index contributed by atoms with van der Waals surface area (Å²) in [5, 5.41) is 15.1. The molecule has 0 saturated carbocycles. The van der Waals surface area contributed by atoms with E-state index in [4.69, 9.17) is 0 Å². The van der Waals surface area contributed by atoms with Crippen LogP contribution in [0.2, 0.25) is 0 Å². The summed E-state index contributed by atoms with van der Waals surface area (Å²) in [6.07, 6.45) is 0. The zero-order chi connectivity index (χ0) is 15.7. The molecule has 0 bridgehead atoms. The van der Waals surface area contributed by atoms with Crippen LogP contribution in [0.5, 0.6) is 0 Å². The second-order valence-electron chi connectivity index (χ2n) is 6.02. The number of hydrogen-bond donors (Lipinski definition) is 1. The highest BCUT2D eigenvalue weighted by Crippen LogP contribution is 2.33. The second kappa shape index (κ2) is 5.43. The Kier molecular flexibility index (Phi) is 3.59. The smallest absolute Gasteiger partial charge is 0.0847 e. The van der Waals surface area contributed by atoms with Gasteiger partial charge in [-0.25, -0.2) is 4.68 Å². The first-order chi connectivity index (χ1) is 10.5. The summed E-state index contributed by atoms with van der Waals surface area (Å²) < 4.78 is 1.93. The van der Waals surface area contributed by atoms with Crippen molar-refractivity contribution >= 4 is 0 Å². The minimum absolute atomic E-state index is 0.895. The Labute approximate surface area is 130 Å². The molecule has 0 spiro atoms. The minimum Gasteiger partial charge on any atom is -0.386 e. The van der Waals surface area contributed by atoms with E-state index in [1.807, 2.05) is 80.1 Å². The van der Waals surface area contributed by atoms with Crippen molar-refractivity contribution in [3.8, 4) is 16.9 Å². The van der Waals surface area contributed by atoms with Crippen LogP contribution in [-0.2, 0) is 5.60 Å². The van der Waals surface area contributed by atoms with Gasteiger partial charge in [0.05, 0.1) is 22.7 Å². The number of aliphatic hydroxyl groups is 1. The van der Waals surface area contributed by atoms with E-state index in [0.717, 1.165) is 28.2 Å². The molecule has 0 aliphatic rings. The molecule has 0 saturated heterocycles. The van der Waals surface area contributed by atoms with Crippen molar-refractivity contribution in [3.63, 3.8) is 0 Å². The van der Waals surface area contributed by atoms with Crippen LogP contribution in [-0.4, -0.2) is 14.9 Å². The highest BCUT2D eigenvalue weighted by atomic mass is 16.3. The fraction of sp³-hybridized carbons (Fsp3) is 0.211. The summed E-state index contributed by atoms with van der Waals surface area (Å²) in [6, 6.07) is 20.0. The lowest BCUT2D eigenvalue weighted by Gasteiger charge is -2.22. The van der Waals surface area contributed by atoms with Gasteiger partial charge in [-0.2, -0.15) is 5.10 Å². The molecular formula is C19H20N2O. The number of nitrogens with zero attached hydrogens (tertiary/aromatic N) is 2. The molecule has 1 N–H and O–H groups in total. The Morgan fingerprint density at radius 1 is 0.955 bits per heavy atom. The quantitative estimate of drug-likeness (QED) is 0.790. The fourth-order valence-electron chi connectivity index (χ4n) is 2.70. The molecule has 0 atom stereocenters. The van der Waals surface area contributed by atoms with E-state index >= 15 is 0 Å². The van der Waals surface area contributed by atoms with Gasteiger partial charge in [-0.3, -0.25) is 0 Å². The summed E-state index contributed by atoms with van der Waals surface area (Å²) in [7, 11) is 0. The number of hydrogen-bond acceptors (Lipinski definition) is 2. The van der Waals surface area contributed by atoms with E-state index in [0.29, 0.717) is 0 Å². The summed E-state index contributed by atoms with van der Waals surface area (Å²) in [5.41, 5.74) is 3.93. The van der Waals surface area contributed by atoms with Gasteiger partial charge in [0.1, 0.15) is 0 Å². The predicted octanol–water partition coefficient (Wildman–Crippen LogP) is 4.08. The third-order valence-electron chi connectivity index (χ3n) is 3.69. The van der Waals surface area contributed by atoms with Gasteiger partial charge in [-0.15, -0.1) is 0 Å². The molecule has 0 radical (unpaired) electrons. The molecule has 1 heterocycles. The number of rotatable bonds is 3. The van der Waals surface area contributed by atoms with Crippen LogP contribution in [0.15, 0.2) is 60.7 Å². The Balaban J connectivity index is 2.23. The lowest BCUT2D eigenvalue weighted by Crippen LogP contribution is -2.17. The number of aromatic nitrogens is 2. The topological polar surface area (TPSA) is 38.0 Å². The largest absolute Gasteiger partial charge is 0.386 e. The summed E-state index contributed by atoms with van der Waals surface area (Å²) in [6.45, 7) is 5.60. The first-order valence-corrected chi connectivity index (χ1v) is 7.41. The average molecular weight is 292 g/mol. The standard InChI is InChI=1S/C19H20N2O/c1-14-13-18(21(20-14)15-9-5-4-6-10-15)16-11-7-8-12-17(16)19(2,3)22/h4-13,22H,1-3H3. The van der Waals surface area contributed by atoms with E-state index in [1.54, 1.807) is 0 Å². The molecule has 22 heavy (non-hydrogen) atoms. The fourth-order valence-corrected chi connectivity index (χ4v) is 2.70. The van der Waals surface area contributed by atoms with Gasteiger partial charge in [0.25, 0.3) is 0 Å². The number of benzene rings is 2. The molecular weight excluding hydrogens is 272 g/mol. The van der Waals surface area contributed by atoms with E-state index in [2.05, 4.69) is 11.2 Å². The van der Waals surface area contributed by atoms with Crippen molar-refractivity contribution in [1.29, 1.82) is 0 Å². The van der Waals surface area contributed by atoms with Crippen LogP contribution in [0.1, 0.15) is 25.1 Å². The van der Waals surface area contributed by atoms with Crippen molar-refractivity contribution in [2.45, 2.75) is 26.4 Å². The average Bonchev–Trinajstić information content (AvgIpc) is 2.89. The second-order valence-corrected chi connectivity index (χ2v) is 6.02. The van der Waals surface area contributed by atoms with Crippen LogP contribution in [0.3, 0.4) is 0 Å². The molecule has 2 aromatic carbocycles. The normalized spacial score (nSPS) is 11.6. The van der Waals surface area contributed by atoms with E-state index < -0.39 is 5.60 Å². The van der Waals surface area contributed by atoms with Crippen molar-refractivity contribution in [3.05, 3.63) is 71.9 Å². The highest BCUT2D eigenvalue weighted by molar-refractivity contribution is 5.67. The van der Waals surface area contributed by atoms with Crippen molar-refractivity contribution < 1.29 is 5.11 Å². The van der Waals surface area contributed by atoms with Crippen molar-refractivity contribution in [2.75, 3.05) is 0 Å². The zero-order valence-electron chi connectivity index (χ0n) is 13.1. The molecule has 3 rings (SSSR count).